The van der Waals surface area contributed by atoms with Gasteiger partial charge in [-0.15, -0.1) is 0 Å². The van der Waals surface area contributed by atoms with Gasteiger partial charge in [-0.3, -0.25) is 14.4 Å². The van der Waals surface area contributed by atoms with E-state index in [1.165, 1.54) is 0 Å². The van der Waals surface area contributed by atoms with Gasteiger partial charge in [-0.2, -0.15) is 5.10 Å². The third-order valence-corrected chi connectivity index (χ3v) is 4.36. The molecule has 2 unspecified atom stereocenters. The van der Waals surface area contributed by atoms with Crippen LogP contribution in [0.2, 0.25) is 5.15 Å². The second-order valence-electron chi connectivity index (χ2n) is 5.43. The molecule has 2 atom stereocenters. The number of piperidine rings is 1. The van der Waals surface area contributed by atoms with E-state index in [1.54, 1.807) is 11.7 Å². The fourth-order valence-corrected chi connectivity index (χ4v) is 2.93. The highest BCUT2D eigenvalue weighted by Crippen LogP contribution is 2.27. The fourth-order valence-electron chi connectivity index (χ4n) is 2.69. The Balaban J connectivity index is 2.19. The van der Waals surface area contributed by atoms with Gasteiger partial charge in [0.1, 0.15) is 11.2 Å². The summed E-state index contributed by atoms with van der Waals surface area (Å²) in [6.07, 6.45) is 1.73. The van der Waals surface area contributed by atoms with Crippen LogP contribution in [0.5, 0.6) is 0 Å². The van der Waals surface area contributed by atoms with Crippen LogP contribution in [0.25, 0.3) is 0 Å². The van der Waals surface area contributed by atoms with Gasteiger partial charge in [0.15, 0.2) is 0 Å². The first-order valence-electron chi connectivity index (χ1n) is 6.55. The van der Waals surface area contributed by atoms with Gasteiger partial charge in [-0.05, 0) is 32.2 Å². The first kappa shape index (κ1) is 14.3. The van der Waals surface area contributed by atoms with E-state index in [-0.39, 0.29) is 0 Å². The third-order valence-electron chi connectivity index (χ3n) is 3.89. The summed E-state index contributed by atoms with van der Waals surface area (Å²) in [7, 11) is 1.80. The van der Waals surface area contributed by atoms with Crippen LogP contribution in [0.1, 0.15) is 31.0 Å². The monoisotopic (exact) mass is 285 g/mol. The molecule has 19 heavy (non-hydrogen) atoms. The smallest absolute Gasteiger partial charge is 0.320 e. The second kappa shape index (κ2) is 5.51. The van der Waals surface area contributed by atoms with Crippen molar-refractivity contribution in [2.45, 2.75) is 39.3 Å². The molecule has 6 heteroatoms. The van der Waals surface area contributed by atoms with Gasteiger partial charge in [0, 0.05) is 19.2 Å². The summed E-state index contributed by atoms with van der Waals surface area (Å²) >= 11 is 6.22. The summed E-state index contributed by atoms with van der Waals surface area (Å²) in [5.41, 5.74) is 1.81. The molecule has 0 bridgehead atoms. The lowest BCUT2D eigenvalue weighted by Crippen LogP contribution is -2.46. The largest absolute Gasteiger partial charge is 0.480 e. The first-order valence-corrected chi connectivity index (χ1v) is 6.92. The highest BCUT2D eigenvalue weighted by atomic mass is 35.5. The van der Waals surface area contributed by atoms with E-state index in [2.05, 4.69) is 12.0 Å². The zero-order valence-corrected chi connectivity index (χ0v) is 12.3. The molecule has 1 fully saturated rings. The molecule has 0 saturated carbocycles. The SMILES string of the molecule is Cc1nn(C)c(Cl)c1CN1CCC(C)CC1C(=O)O. The molecule has 0 spiro atoms. The highest BCUT2D eigenvalue weighted by Gasteiger charge is 2.32. The topological polar surface area (TPSA) is 58.4 Å². The van der Waals surface area contributed by atoms with Crippen molar-refractivity contribution in [1.82, 2.24) is 14.7 Å². The van der Waals surface area contributed by atoms with Crippen LogP contribution in [0, 0.1) is 12.8 Å². The number of likely N-dealkylation sites (tertiary alicyclic amines) is 1. The first-order chi connectivity index (χ1) is 8.90. The predicted molar refractivity (Wildman–Crippen MR) is 73.2 cm³/mol. The van der Waals surface area contributed by atoms with Gasteiger partial charge in [0.05, 0.1) is 5.69 Å². The Hall–Kier alpha value is -1.07. The average Bonchev–Trinajstić information content (AvgIpc) is 2.57. The molecule has 106 valence electrons. The minimum atomic E-state index is -0.746. The molecule has 1 aromatic rings. The normalized spacial score (nSPS) is 24.6. The maximum Gasteiger partial charge on any atom is 0.320 e. The van der Waals surface area contributed by atoms with Crippen molar-refractivity contribution in [2.24, 2.45) is 13.0 Å². The Labute approximate surface area is 118 Å². The van der Waals surface area contributed by atoms with E-state index in [9.17, 15) is 9.90 Å². The molecule has 1 aromatic heterocycles. The molecular formula is C13H20ClN3O2. The minimum Gasteiger partial charge on any atom is -0.480 e. The summed E-state index contributed by atoms with van der Waals surface area (Å²) in [6.45, 7) is 5.37. The van der Waals surface area contributed by atoms with Crippen LogP contribution < -0.4 is 0 Å². The van der Waals surface area contributed by atoms with Crippen molar-refractivity contribution in [2.75, 3.05) is 6.54 Å². The average molecular weight is 286 g/mol. The van der Waals surface area contributed by atoms with Crippen LogP contribution in [-0.2, 0) is 18.4 Å². The van der Waals surface area contributed by atoms with Gasteiger partial charge < -0.3 is 5.11 Å². The van der Waals surface area contributed by atoms with E-state index in [0.29, 0.717) is 24.0 Å². The number of hydrogen-bond acceptors (Lipinski definition) is 3. The Morgan fingerprint density at radius 1 is 1.58 bits per heavy atom. The molecule has 1 aliphatic rings. The molecular weight excluding hydrogens is 266 g/mol. The van der Waals surface area contributed by atoms with Crippen molar-refractivity contribution in [3.63, 3.8) is 0 Å². The summed E-state index contributed by atoms with van der Waals surface area (Å²) < 4.78 is 1.63. The second-order valence-corrected chi connectivity index (χ2v) is 5.79. The number of carboxylic acids is 1. The van der Waals surface area contributed by atoms with Gasteiger partial charge in [-0.25, -0.2) is 0 Å². The number of halogens is 1. The number of aliphatic carboxylic acids is 1. The number of carbonyl (C=O) groups is 1. The minimum absolute atomic E-state index is 0.417. The van der Waals surface area contributed by atoms with E-state index < -0.39 is 12.0 Å². The number of rotatable bonds is 3. The zero-order chi connectivity index (χ0) is 14.2. The molecule has 0 amide bonds. The Morgan fingerprint density at radius 2 is 2.26 bits per heavy atom. The van der Waals surface area contributed by atoms with Crippen LogP contribution in [0.3, 0.4) is 0 Å². The lowest BCUT2D eigenvalue weighted by molar-refractivity contribution is -0.145. The van der Waals surface area contributed by atoms with Crippen molar-refractivity contribution in [3.05, 3.63) is 16.4 Å². The molecule has 5 nitrogen and oxygen atoms in total. The molecule has 1 saturated heterocycles. The lowest BCUT2D eigenvalue weighted by atomic mass is 9.92. The molecule has 0 aliphatic carbocycles. The number of aromatic nitrogens is 2. The maximum absolute atomic E-state index is 11.4. The molecule has 2 rings (SSSR count). The summed E-state index contributed by atoms with van der Waals surface area (Å²) in [6, 6.07) is -0.417. The van der Waals surface area contributed by atoms with Crippen molar-refractivity contribution < 1.29 is 9.90 Å². The molecule has 0 aromatic carbocycles. The van der Waals surface area contributed by atoms with Crippen LogP contribution in [-0.4, -0.2) is 38.3 Å². The number of carboxylic acid groups (broad SMARTS) is 1. The molecule has 1 aliphatic heterocycles. The molecule has 0 radical (unpaired) electrons. The fraction of sp³-hybridized carbons (Fsp3) is 0.692. The van der Waals surface area contributed by atoms with Gasteiger partial charge in [0.2, 0.25) is 0 Å². The summed E-state index contributed by atoms with van der Waals surface area (Å²) in [5.74, 6) is -0.285. The number of aryl methyl sites for hydroxylation is 2. The Bertz CT molecular complexity index is 486. The maximum atomic E-state index is 11.4. The van der Waals surface area contributed by atoms with Gasteiger partial charge >= 0.3 is 5.97 Å². The van der Waals surface area contributed by atoms with E-state index in [0.717, 1.165) is 24.2 Å². The van der Waals surface area contributed by atoms with E-state index in [4.69, 9.17) is 11.6 Å². The predicted octanol–water partition coefficient (Wildman–Crippen LogP) is 2.07. The Morgan fingerprint density at radius 3 is 2.79 bits per heavy atom. The van der Waals surface area contributed by atoms with Gasteiger partial charge in [-0.1, -0.05) is 18.5 Å². The van der Waals surface area contributed by atoms with E-state index >= 15 is 0 Å². The number of hydrogen-bond donors (Lipinski definition) is 1. The van der Waals surface area contributed by atoms with E-state index in [1.807, 2.05) is 11.8 Å². The summed E-state index contributed by atoms with van der Waals surface area (Å²) in [5, 5.41) is 14.2. The van der Waals surface area contributed by atoms with Crippen molar-refractivity contribution >= 4 is 17.6 Å². The molecule has 2 heterocycles. The quantitative estimate of drug-likeness (QED) is 0.924. The highest BCUT2D eigenvalue weighted by molar-refractivity contribution is 6.30. The summed E-state index contributed by atoms with van der Waals surface area (Å²) in [4.78, 5) is 13.4. The van der Waals surface area contributed by atoms with Crippen molar-refractivity contribution in [3.8, 4) is 0 Å². The Kier molecular flexibility index (Phi) is 4.16. The standard InChI is InChI=1S/C13H20ClN3O2/c1-8-4-5-17(11(6-8)13(18)19)7-10-9(2)15-16(3)12(10)14/h8,11H,4-7H2,1-3H3,(H,18,19). The lowest BCUT2D eigenvalue weighted by Gasteiger charge is -2.35. The van der Waals surface area contributed by atoms with Crippen LogP contribution in [0.4, 0.5) is 0 Å². The zero-order valence-electron chi connectivity index (χ0n) is 11.6. The number of nitrogens with zero attached hydrogens (tertiary/aromatic N) is 3. The third kappa shape index (κ3) is 2.92. The van der Waals surface area contributed by atoms with Crippen LogP contribution in [0.15, 0.2) is 0 Å². The van der Waals surface area contributed by atoms with Crippen molar-refractivity contribution in [1.29, 1.82) is 0 Å². The van der Waals surface area contributed by atoms with Crippen LogP contribution >= 0.6 is 11.6 Å². The van der Waals surface area contributed by atoms with Gasteiger partial charge in [0.25, 0.3) is 0 Å². The molecule has 1 N–H and O–H groups in total.